The van der Waals surface area contributed by atoms with E-state index in [4.69, 9.17) is 0 Å². The molecule has 1 unspecified atom stereocenters. The molecule has 0 fully saturated rings. The fraction of sp³-hybridized carbons (Fsp3) is 1.00. The summed E-state index contributed by atoms with van der Waals surface area (Å²) in [5, 5.41) is 0.517. The Morgan fingerprint density at radius 2 is 1.33 bits per heavy atom. The van der Waals surface area contributed by atoms with Crippen LogP contribution in [0.1, 0.15) is 53.4 Å². The molecular formula is C10H24IP. The van der Waals surface area contributed by atoms with E-state index in [1.165, 1.54) is 25.7 Å². The summed E-state index contributed by atoms with van der Waals surface area (Å²) in [5.41, 5.74) is 0. The molecule has 76 valence electrons. The molecule has 0 aliphatic heterocycles. The molecule has 0 N–H and O–H groups in total. The summed E-state index contributed by atoms with van der Waals surface area (Å²) in [6, 6.07) is 0. The first-order chi connectivity index (χ1) is 5.14. The van der Waals surface area contributed by atoms with Gasteiger partial charge in [0.05, 0.1) is 0 Å². The first kappa shape index (κ1) is 15.6. The predicted octanol–water partition coefficient (Wildman–Crippen LogP) is 4.47. The fourth-order valence-electron chi connectivity index (χ4n) is 1.93. The van der Waals surface area contributed by atoms with Gasteiger partial charge < -0.3 is 0 Å². The third-order valence-corrected chi connectivity index (χ3v) is 4.40. The normalized spacial score (nSPS) is 11.5. The van der Waals surface area contributed by atoms with Crippen LogP contribution in [0.2, 0.25) is 0 Å². The number of hydrogen-bond donors (Lipinski definition) is 0. The highest BCUT2D eigenvalue weighted by atomic mass is 127. The molecule has 0 aliphatic rings. The van der Waals surface area contributed by atoms with Gasteiger partial charge in [0, 0.05) is 0 Å². The molecule has 0 aromatic heterocycles. The zero-order valence-corrected chi connectivity index (χ0v) is 12.4. The molecule has 12 heavy (non-hydrogen) atoms. The Morgan fingerprint density at radius 1 is 1.00 bits per heavy atom. The summed E-state index contributed by atoms with van der Waals surface area (Å²) in [4.78, 5) is 0. The fourth-order valence-corrected chi connectivity index (χ4v) is 2.40. The van der Waals surface area contributed by atoms with Gasteiger partial charge in [0.15, 0.2) is 0 Å². The molecule has 0 aromatic rings. The van der Waals surface area contributed by atoms with E-state index >= 15 is 0 Å². The minimum Gasteiger partial charge on any atom is -0.131 e. The molecule has 0 saturated carbocycles. The zero-order valence-electron chi connectivity index (χ0n) is 8.89. The standard InChI is InChI=1S/C10H23P.HI/c1-5-9(6-2)10(11,7-3)8-4;/h9H,5-8,11H2,1-4H3;1H. The largest absolute Gasteiger partial charge is 0.131 e. The summed E-state index contributed by atoms with van der Waals surface area (Å²) in [7, 11) is 3.07. The van der Waals surface area contributed by atoms with Crippen LogP contribution in [0.5, 0.6) is 0 Å². The van der Waals surface area contributed by atoms with Crippen molar-refractivity contribution in [2.75, 3.05) is 0 Å². The van der Waals surface area contributed by atoms with E-state index in [9.17, 15) is 0 Å². The van der Waals surface area contributed by atoms with Crippen molar-refractivity contribution >= 4 is 33.2 Å². The summed E-state index contributed by atoms with van der Waals surface area (Å²) < 4.78 is 0. The summed E-state index contributed by atoms with van der Waals surface area (Å²) >= 11 is 0. The van der Waals surface area contributed by atoms with E-state index in [-0.39, 0.29) is 24.0 Å². The summed E-state index contributed by atoms with van der Waals surface area (Å²) in [6.07, 6.45) is 5.23. The van der Waals surface area contributed by atoms with Gasteiger partial charge in [-0.3, -0.25) is 0 Å². The second kappa shape index (κ2) is 7.55. The van der Waals surface area contributed by atoms with Gasteiger partial charge in [-0.15, -0.1) is 33.2 Å². The van der Waals surface area contributed by atoms with Crippen LogP contribution in [0, 0.1) is 5.92 Å². The lowest BCUT2D eigenvalue weighted by Crippen LogP contribution is -2.28. The number of hydrogen-bond acceptors (Lipinski definition) is 0. The van der Waals surface area contributed by atoms with Gasteiger partial charge in [-0.1, -0.05) is 40.5 Å². The summed E-state index contributed by atoms with van der Waals surface area (Å²) in [6.45, 7) is 9.21. The minimum atomic E-state index is 0. The second-order valence-corrected chi connectivity index (χ2v) is 4.60. The van der Waals surface area contributed by atoms with Gasteiger partial charge in [-0.05, 0) is 23.9 Å². The quantitative estimate of drug-likeness (QED) is 0.519. The average molecular weight is 302 g/mol. The van der Waals surface area contributed by atoms with Crippen LogP contribution in [0.4, 0.5) is 0 Å². The van der Waals surface area contributed by atoms with Gasteiger partial charge in [0.25, 0.3) is 0 Å². The topological polar surface area (TPSA) is 0 Å². The maximum absolute atomic E-state index is 3.07. The lowest BCUT2D eigenvalue weighted by molar-refractivity contribution is 0.334. The third kappa shape index (κ3) is 3.91. The molecule has 0 heterocycles. The van der Waals surface area contributed by atoms with E-state index < -0.39 is 0 Å². The first-order valence-electron chi connectivity index (χ1n) is 4.93. The van der Waals surface area contributed by atoms with Crippen molar-refractivity contribution in [3.63, 3.8) is 0 Å². The van der Waals surface area contributed by atoms with Crippen molar-refractivity contribution in [2.24, 2.45) is 5.92 Å². The van der Waals surface area contributed by atoms with Crippen LogP contribution < -0.4 is 0 Å². The van der Waals surface area contributed by atoms with Gasteiger partial charge in [0.2, 0.25) is 0 Å². The highest BCUT2D eigenvalue weighted by Gasteiger charge is 2.27. The Hall–Kier alpha value is 1.16. The zero-order chi connectivity index (χ0) is 8.91. The van der Waals surface area contributed by atoms with Crippen LogP contribution in [0.25, 0.3) is 0 Å². The van der Waals surface area contributed by atoms with Crippen molar-refractivity contribution in [2.45, 2.75) is 58.5 Å². The van der Waals surface area contributed by atoms with Crippen LogP contribution in [-0.2, 0) is 0 Å². The predicted molar refractivity (Wildman–Crippen MR) is 72.5 cm³/mol. The Bertz CT molecular complexity index is 96.0. The molecule has 0 aromatic carbocycles. The molecule has 0 rings (SSSR count). The SMILES string of the molecule is CCC(CC)C(P)(CC)CC.I. The van der Waals surface area contributed by atoms with E-state index in [1.54, 1.807) is 0 Å². The monoisotopic (exact) mass is 302 g/mol. The average Bonchev–Trinajstić information content (AvgIpc) is 2.06. The highest BCUT2D eigenvalue weighted by Crippen LogP contribution is 2.38. The van der Waals surface area contributed by atoms with Crippen molar-refractivity contribution in [1.82, 2.24) is 0 Å². The van der Waals surface area contributed by atoms with Crippen LogP contribution in [0.3, 0.4) is 0 Å². The first-order valence-corrected chi connectivity index (χ1v) is 5.51. The molecule has 0 nitrogen and oxygen atoms in total. The Morgan fingerprint density at radius 3 is 1.42 bits per heavy atom. The molecule has 0 bridgehead atoms. The maximum atomic E-state index is 3.07. The van der Waals surface area contributed by atoms with Crippen molar-refractivity contribution in [1.29, 1.82) is 0 Å². The molecule has 1 atom stereocenters. The van der Waals surface area contributed by atoms with Gasteiger partial charge in [-0.25, -0.2) is 0 Å². The smallest absolute Gasteiger partial charge is 0.0127 e. The Balaban J connectivity index is 0. The minimum absolute atomic E-state index is 0. The lowest BCUT2D eigenvalue weighted by atomic mass is 9.83. The van der Waals surface area contributed by atoms with Gasteiger partial charge in [-0.2, -0.15) is 0 Å². The van der Waals surface area contributed by atoms with Gasteiger partial charge >= 0.3 is 0 Å². The molecular weight excluding hydrogens is 278 g/mol. The van der Waals surface area contributed by atoms with E-state index in [0.29, 0.717) is 5.16 Å². The van der Waals surface area contributed by atoms with Crippen molar-refractivity contribution in [3.05, 3.63) is 0 Å². The highest BCUT2D eigenvalue weighted by molar-refractivity contribution is 14.0. The van der Waals surface area contributed by atoms with Crippen molar-refractivity contribution < 1.29 is 0 Å². The Labute approximate surface area is 97.5 Å². The number of rotatable bonds is 5. The van der Waals surface area contributed by atoms with Gasteiger partial charge in [0.1, 0.15) is 0 Å². The molecule has 0 aliphatic carbocycles. The molecule has 0 spiro atoms. The maximum Gasteiger partial charge on any atom is -0.0127 e. The van der Waals surface area contributed by atoms with Crippen LogP contribution in [-0.4, -0.2) is 5.16 Å². The molecule has 0 radical (unpaired) electrons. The van der Waals surface area contributed by atoms with E-state index in [1.807, 2.05) is 0 Å². The summed E-state index contributed by atoms with van der Waals surface area (Å²) in [5.74, 6) is 0.891. The van der Waals surface area contributed by atoms with E-state index in [0.717, 1.165) is 5.92 Å². The van der Waals surface area contributed by atoms with E-state index in [2.05, 4.69) is 36.9 Å². The second-order valence-electron chi connectivity index (χ2n) is 3.45. The Kier molecular flexibility index (Phi) is 9.83. The molecule has 2 heteroatoms. The number of halogens is 1. The van der Waals surface area contributed by atoms with Crippen molar-refractivity contribution in [3.8, 4) is 0 Å². The van der Waals surface area contributed by atoms with Crippen LogP contribution in [0.15, 0.2) is 0 Å². The molecule has 0 saturated heterocycles. The lowest BCUT2D eigenvalue weighted by Gasteiger charge is -2.35. The third-order valence-electron chi connectivity index (χ3n) is 3.12. The molecule has 0 amide bonds. The van der Waals surface area contributed by atoms with Crippen LogP contribution >= 0.6 is 33.2 Å².